The van der Waals surface area contributed by atoms with E-state index in [1.54, 1.807) is 11.3 Å². The van der Waals surface area contributed by atoms with Crippen molar-refractivity contribution in [2.75, 3.05) is 106 Å². The molecule has 282 valence electrons. The molecule has 1 aromatic rings. The highest BCUT2D eigenvalue weighted by Gasteiger charge is 2.41. The average Bonchev–Trinajstić information content (AvgIpc) is 3.52. The quantitative estimate of drug-likeness (QED) is 0.0647. The number of nitrogens with zero attached hydrogens (tertiary/aromatic N) is 4. The van der Waals surface area contributed by atoms with Crippen LogP contribution in [0.3, 0.4) is 0 Å². The number of allylic oxidation sites excluding steroid dienone is 2. The van der Waals surface area contributed by atoms with Gasteiger partial charge in [0.15, 0.2) is 0 Å². The van der Waals surface area contributed by atoms with Crippen molar-refractivity contribution in [2.24, 2.45) is 17.3 Å². The number of ether oxygens (including phenoxy) is 7. The third-order valence-corrected chi connectivity index (χ3v) is 8.73. The standard InChI is InChI=1S/C35H63N4O9S/c1-5-7-16-45-29-31(47-24-22-43-19-15-41)27-39(35(3)12-10-9-11-33(35)36-37-34-38(4)13-26-49-34)28-32(30-46-17-8-6-2)48-25-23-44-21-20-42-18-14-40/h9-13,26,31-33,40-41H,5-8,14-25,27-30H2,1-4H3/q+1. The molecule has 0 saturated carbocycles. The Morgan fingerprint density at radius 3 is 1.86 bits per heavy atom. The highest BCUT2D eigenvalue weighted by atomic mass is 32.1. The van der Waals surface area contributed by atoms with Gasteiger partial charge in [-0.25, -0.2) is 4.57 Å². The topological polar surface area (TPSA) is 137 Å². The minimum absolute atomic E-state index is 0.00759. The largest absolute Gasteiger partial charge is 0.407 e. The molecule has 0 spiro atoms. The van der Waals surface area contributed by atoms with Crippen molar-refractivity contribution in [3.8, 4) is 0 Å². The minimum atomic E-state index is -0.571. The molecule has 14 heteroatoms. The maximum atomic E-state index is 9.12. The average molecular weight is 716 g/mol. The van der Waals surface area contributed by atoms with Gasteiger partial charge in [0.25, 0.3) is 0 Å². The molecule has 4 atom stereocenters. The summed E-state index contributed by atoms with van der Waals surface area (Å²) in [7, 11) is 1.96. The van der Waals surface area contributed by atoms with Gasteiger partial charge >= 0.3 is 5.13 Å². The van der Waals surface area contributed by atoms with Crippen LogP contribution in [0.1, 0.15) is 46.5 Å². The Labute approximate surface area is 297 Å². The summed E-state index contributed by atoms with van der Waals surface area (Å²) in [4.78, 5) is 2.35. The van der Waals surface area contributed by atoms with Crippen LogP contribution in [0.25, 0.3) is 0 Å². The normalized spacial score (nSPS) is 19.0. The van der Waals surface area contributed by atoms with E-state index in [0.29, 0.717) is 85.8 Å². The lowest BCUT2D eigenvalue weighted by Gasteiger charge is -2.44. The third-order valence-electron chi connectivity index (χ3n) is 7.89. The van der Waals surface area contributed by atoms with E-state index in [0.717, 1.165) is 30.8 Å². The smallest absolute Gasteiger partial charge is 0.394 e. The van der Waals surface area contributed by atoms with Gasteiger partial charge in [0.1, 0.15) is 12.2 Å². The van der Waals surface area contributed by atoms with Crippen LogP contribution < -0.4 is 4.57 Å². The summed E-state index contributed by atoms with van der Waals surface area (Å²) in [6.45, 7) is 12.6. The van der Waals surface area contributed by atoms with Crippen LogP contribution in [0.4, 0.5) is 5.13 Å². The Morgan fingerprint density at radius 1 is 0.796 bits per heavy atom. The second-order valence-electron chi connectivity index (χ2n) is 12.0. The van der Waals surface area contributed by atoms with Gasteiger partial charge < -0.3 is 43.4 Å². The van der Waals surface area contributed by atoms with Gasteiger partial charge in [-0.1, -0.05) is 56.1 Å². The van der Waals surface area contributed by atoms with Crippen molar-refractivity contribution in [3.05, 3.63) is 35.9 Å². The van der Waals surface area contributed by atoms with Crippen molar-refractivity contribution in [3.63, 3.8) is 0 Å². The number of aliphatic hydroxyl groups excluding tert-OH is 2. The van der Waals surface area contributed by atoms with Crippen molar-refractivity contribution in [1.82, 2.24) is 4.90 Å². The van der Waals surface area contributed by atoms with Crippen LogP contribution in [-0.4, -0.2) is 144 Å². The zero-order valence-corrected chi connectivity index (χ0v) is 31.1. The van der Waals surface area contributed by atoms with Crippen molar-refractivity contribution in [1.29, 1.82) is 0 Å². The maximum absolute atomic E-state index is 9.12. The molecule has 0 aliphatic heterocycles. The van der Waals surface area contributed by atoms with E-state index in [4.69, 9.17) is 48.5 Å². The summed E-state index contributed by atoms with van der Waals surface area (Å²) in [6.07, 6.45) is 13.8. The van der Waals surface area contributed by atoms with Crippen LogP contribution in [0.5, 0.6) is 0 Å². The molecule has 0 bridgehead atoms. The van der Waals surface area contributed by atoms with E-state index in [1.165, 1.54) is 0 Å². The number of aryl methyl sites for hydroxylation is 1. The van der Waals surface area contributed by atoms with E-state index in [1.807, 2.05) is 29.3 Å². The van der Waals surface area contributed by atoms with Crippen LogP contribution in [0, 0.1) is 0 Å². The lowest BCUT2D eigenvalue weighted by molar-refractivity contribution is -0.654. The monoisotopic (exact) mass is 715 g/mol. The lowest BCUT2D eigenvalue weighted by atomic mass is 9.86. The molecule has 49 heavy (non-hydrogen) atoms. The number of aliphatic hydroxyl groups is 2. The van der Waals surface area contributed by atoms with Crippen molar-refractivity contribution >= 4 is 16.5 Å². The SMILES string of the molecule is CCCCOCC(CN(CC(COCCCC)OCCOCCOCCO)C1(C)C=CC=CC1N=Nc1scc[n+]1C)OCCOCCO. The van der Waals surface area contributed by atoms with Crippen molar-refractivity contribution < 1.29 is 47.9 Å². The number of unbranched alkanes of at least 4 members (excludes halogenated alkanes) is 2. The van der Waals surface area contributed by atoms with Gasteiger partial charge in [-0.15, -0.1) is 0 Å². The number of azo groups is 1. The molecule has 0 amide bonds. The molecule has 0 saturated heterocycles. The Balaban J connectivity index is 2.30. The summed E-state index contributed by atoms with van der Waals surface area (Å²) in [5.41, 5.74) is -0.571. The molecule has 4 unspecified atom stereocenters. The van der Waals surface area contributed by atoms with E-state index >= 15 is 0 Å². The van der Waals surface area contributed by atoms with E-state index in [9.17, 15) is 0 Å². The number of aromatic nitrogens is 1. The molecule has 0 fully saturated rings. The number of hydrogen-bond acceptors (Lipinski definition) is 13. The summed E-state index contributed by atoms with van der Waals surface area (Å²) >= 11 is 1.54. The van der Waals surface area contributed by atoms with Gasteiger partial charge in [-0.2, -0.15) is 0 Å². The van der Waals surface area contributed by atoms with Crippen molar-refractivity contribution in [2.45, 2.75) is 70.2 Å². The molecular weight excluding hydrogens is 652 g/mol. The maximum Gasteiger partial charge on any atom is 0.407 e. The first kappa shape index (κ1) is 43.5. The molecule has 2 N–H and O–H groups in total. The fourth-order valence-electron chi connectivity index (χ4n) is 4.99. The Bertz CT molecular complexity index is 1030. The number of thiazole rings is 1. The van der Waals surface area contributed by atoms with E-state index < -0.39 is 5.54 Å². The molecule has 1 aliphatic rings. The lowest BCUT2D eigenvalue weighted by Crippen LogP contribution is -2.58. The molecule has 0 aromatic carbocycles. The number of rotatable bonds is 32. The molecule has 1 aromatic heterocycles. The summed E-state index contributed by atoms with van der Waals surface area (Å²) in [5.74, 6) is 0. The van der Waals surface area contributed by atoms with Gasteiger partial charge in [0.05, 0.1) is 109 Å². The predicted octanol–water partition coefficient (Wildman–Crippen LogP) is 3.65. The second kappa shape index (κ2) is 28.0. The fraction of sp³-hybridized carbons (Fsp3) is 0.800. The van der Waals surface area contributed by atoms with Gasteiger partial charge in [-0.3, -0.25) is 4.90 Å². The first-order valence-electron chi connectivity index (χ1n) is 17.8. The fourth-order valence-corrected chi connectivity index (χ4v) is 5.67. The Kier molecular flexibility index (Phi) is 24.8. The summed E-state index contributed by atoms with van der Waals surface area (Å²) in [5, 5.41) is 30.3. The first-order valence-corrected chi connectivity index (χ1v) is 18.6. The number of hydrogen-bond donors (Lipinski definition) is 2. The highest BCUT2D eigenvalue weighted by molar-refractivity contribution is 7.12. The van der Waals surface area contributed by atoms with Gasteiger partial charge in [0.2, 0.25) is 0 Å². The molecule has 1 heterocycles. The van der Waals surface area contributed by atoms with Gasteiger partial charge in [-0.05, 0) is 31.1 Å². The summed E-state index contributed by atoms with van der Waals surface area (Å²) in [6, 6.07) is -0.280. The van der Waals surface area contributed by atoms with E-state index in [2.05, 4.69) is 49.0 Å². The molecule has 0 radical (unpaired) electrons. The second-order valence-corrected chi connectivity index (χ2v) is 12.8. The zero-order valence-electron chi connectivity index (χ0n) is 30.3. The third kappa shape index (κ3) is 18.4. The van der Waals surface area contributed by atoms with Gasteiger partial charge in [0, 0.05) is 31.7 Å². The van der Waals surface area contributed by atoms with Crippen LogP contribution >= 0.6 is 11.3 Å². The molecule has 2 rings (SSSR count). The molecular formula is C35H63N4O9S+. The van der Waals surface area contributed by atoms with Crippen LogP contribution in [-0.2, 0) is 40.2 Å². The minimum Gasteiger partial charge on any atom is -0.394 e. The Hall–Kier alpha value is -1.69. The highest BCUT2D eigenvalue weighted by Crippen LogP contribution is 2.31. The predicted molar refractivity (Wildman–Crippen MR) is 190 cm³/mol. The summed E-state index contributed by atoms with van der Waals surface area (Å²) < 4.78 is 43.4. The zero-order chi connectivity index (χ0) is 35.4. The molecule has 13 nitrogen and oxygen atoms in total. The first-order chi connectivity index (χ1) is 24.0. The Morgan fingerprint density at radius 2 is 1.35 bits per heavy atom. The van der Waals surface area contributed by atoms with Crippen LogP contribution in [0.15, 0.2) is 46.1 Å². The van der Waals surface area contributed by atoms with Crippen LogP contribution in [0.2, 0.25) is 0 Å². The molecule has 1 aliphatic carbocycles. The van der Waals surface area contributed by atoms with E-state index in [-0.39, 0.29) is 38.1 Å².